The Balaban J connectivity index is 2.42. The lowest BCUT2D eigenvalue weighted by Gasteiger charge is -2.14. The van der Waals surface area contributed by atoms with Crippen LogP contribution < -0.4 is 0 Å². The third kappa shape index (κ3) is 5.12. The van der Waals surface area contributed by atoms with Crippen LogP contribution in [0.3, 0.4) is 0 Å². The van der Waals surface area contributed by atoms with Crippen molar-refractivity contribution in [2.45, 2.75) is 24.2 Å². The van der Waals surface area contributed by atoms with Gasteiger partial charge in [0.15, 0.2) is 0 Å². The smallest absolute Gasteiger partial charge is 0.386 e. The molecule has 10 heteroatoms. The van der Waals surface area contributed by atoms with Gasteiger partial charge in [0, 0.05) is 18.7 Å². The number of nitrogens with zero attached hydrogens (tertiary/aromatic N) is 1. The fraction of sp³-hybridized carbons (Fsp3) is 0.200. The second kappa shape index (κ2) is 6.95. The van der Waals surface area contributed by atoms with Gasteiger partial charge < -0.3 is 4.18 Å². The molecule has 1 aromatic carbocycles. The number of carbonyl (C=O) groups excluding carboxylic acids is 1. The Labute approximate surface area is 142 Å². The lowest BCUT2D eigenvalue weighted by molar-refractivity contribution is -0.143. The zero-order valence-corrected chi connectivity index (χ0v) is 13.2. The van der Waals surface area contributed by atoms with E-state index < -0.39 is 29.4 Å². The van der Waals surface area contributed by atoms with E-state index in [0.717, 1.165) is 0 Å². The number of alkyl halides is 6. The van der Waals surface area contributed by atoms with Crippen molar-refractivity contribution in [2.24, 2.45) is 0 Å². The van der Waals surface area contributed by atoms with Crippen LogP contribution >= 0.6 is 12.0 Å². The first kappa shape index (κ1) is 19.1. The van der Waals surface area contributed by atoms with Gasteiger partial charge in [-0.15, -0.1) is 0 Å². The molecule has 1 heterocycles. The van der Waals surface area contributed by atoms with Crippen molar-refractivity contribution in [2.75, 3.05) is 0 Å². The molecule has 1 aromatic heterocycles. The number of pyridine rings is 1. The maximum absolute atomic E-state index is 12.9. The zero-order chi connectivity index (χ0) is 18.8. The molecule has 2 rings (SSSR count). The minimum Gasteiger partial charge on any atom is -0.386 e. The summed E-state index contributed by atoms with van der Waals surface area (Å²) in [5.74, 6) is -0.568. The fourth-order valence-corrected chi connectivity index (χ4v) is 2.24. The summed E-state index contributed by atoms with van der Waals surface area (Å²) in [6, 6.07) is 3.84. The number of halogens is 6. The molecule has 0 spiro atoms. The first-order chi connectivity index (χ1) is 11.5. The highest BCUT2D eigenvalue weighted by molar-refractivity contribution is 7.95. The van der Waals surface area contributed by atoms with E-state index in [4.69, 9.17) is 0 Å². The van der Waals surface area contributed by atoms with Gasteiger partial charge in [-0.2, -0.15) is 26.3 Å². The van der Waals surface area contributed by atoms with Gasteiger partial charge in [-0.3, -0.25) is 9.78 Å². The van der Waals surface area contributed by atoms with Crippen molar-refractivity contribution >= 4 is 18.0 Å². The Kier molecular flexibility index (Phi) is 5.31. The maximum atomic E-state index is 12.9. The standard InChI is InChI=1S/C15H9F6NO2S/c1-8(23)24-25-12-2-3-13(22-7-12)9-4-10(14(16,17)18)6-11(5-9)15(19,20)21/h2-7H,1H3. The number of benzene rings is 1. The topological polar surface area (TPSA) is 39.2 Å². The van der Waals surface area contributed by atoms with E-state index in [1.54, 1.807) is 0 Å². The van der Waals surface area contributed by atoms with Gasteiger partial charge in [0.25, 0.3) is 0 Å². The molecule has 2 aromatic rings. The molecule has 0 radical (unpaired) electrons. The molecule has 0 atom stereocenters. The van der Waals surface area contributed by atoms with Crippen LogP contribution in [0.1, 0.15) is 18.1 Å². The molecule has 25 heavy (non-hydrogen) atoms. The lowest BCUT2D eigenvalue weighted by atomic mass is 10.0. The molecular formula is C15H9F6NO2S. The number of hydrogen-bond donors (Lipinski definition) is 0. The van der Waals surface area contributed by atoms with E-state index >= 15 is 0 Å². The first-order valence-electron chi connectivity index (χ1n) is 6.58. The third-order valence-electron chi connectivity index (χ3n) is 2.88. The molecule has 3 nitrogen and oxygen atoms in total. The van der Waals surface area contributed by atoms with Crippen molar-refractivity contribution in [3.8, 4) is 11.3 Å². The van der Waals surface area contributed by atoms with Gasteiger partial charge in [-0.05, 0) is 30.3 Å². The van der Waals surface area contributed by atoms with Crippen molar-refractivity contribution < 1.29 is 35.3 Å². The molecule has 0 N–H and O–H groups in total. The minimum absolute atomic E-state index is 0.0500. The van der Waals surface area contributed by atoms with Crippen LogP contribution in [0.5, 0.6) is 0 Å². The number of hydrogen-bond acceptors (Lipinski definition) is 4. The monoisotopic (exact) mass is 381 g/mol. The summed E-state index contributed by atoms with van der Waals surface area (Å²) in [4.78, 5) is 14.9. The zero-order valence-electron chi connectivity index (χ0n) is 12.4. The molecule has 0 fully saturated rings. The predicted molar refractivity (Wildman–Crippen MR) is 77.3 cm³/mol. The average molecular weight is 381 g/mol. The van der Waals surface area contributed by atoms with Crippen LogP contribution in [0.2, 0.25) is 0 Å². The highest BCUT2D eigenvalue weighted by atomic mass is 32.2. The van der Waals surface area contributed by atoms with Gasteiger partial charge in [0.05, 0.1) is 33.8 Å². The Bertz CT molecular complexity index is 739. The lowest BCUT2D eigenvalue weighted by Crippen LogP contribution is -2.11. The maximum Gasteiger partial charge on any atom is 0.416 e. The molecule has 0 aliphatic carbocycles. The summed E-state index contributed by atoms with van der Waals surface area (Å²) in [5, 5.41) is 0. The van der Waals surface area contributed by atoms with E-state index in [0.29, 0.717) is 29.1 Å². The Hall–Kier alpha value is -2.23. The summed E-state index contributed by atoms with van der Waals surface area (Å²) in [7, 11) is 0. The van der Waals surface area contributed by atoms with Crippen molar-refractivity contribution in [1.82, 2.24) is 4.98 Å². The van der Waals surface area contributed by atoms with E-state index in [1.165, 1.54) is 25.3 Å². The average Bonchev–Trinajstić information content (AvgIpc) is 2.51. The van der Waals surface area contributed by atoms with Gasteiger partial charge in [-0.1, -0.05) is 0 Å². The van der Waals surface area contributed by atoms with Crippen molar-refractivity contribution in [3.05, 3.63) is 47.7 Å². The second-order valence-corrected chi connectivity index (χ2v) is 5.64. The van der Waals surface area contributed by atoms with Crippen LogP contribution in [0.15, 0.2) is 41.4 Å². The fourth-order valence-electron chi connectivity index (χ4n) is 1.81. The van der Waals surface area contributed by atoms with Gasteiger partial charge in [0.2, 0.25) is 0 Å². The molecule has 0 unspecified atom stereocenters. The summed E-state index contributed by atoms with van der Waals surface area (Å²) in [5.41, 5.74) is -3.25. The SMILES string of the molecule is CC(=O)OSc1ccc(-c2cc(C(F)(F)F)cc(C(F)(F)F)c2)nc1. The molecule has 0 bridgehead atoms. The highest BCUT2D eigenvalue weighted by Crippen LogP contribution is 2.38. The quantitative estimate of drug-likeness (QED) is 0.530. The number of rotatable bonds is 3. The van der Waals surface area contributed by atoms with E-state index in [1.807, 2.05) is 0 Å². The van der Waals surface area contributed by atoms with E-state index in [-0.39, 0.29) is 17.3 Å². The van der Waals surface area contributed by atoms with Gasteiger partial charge in [0.1, 0.15) is 0 Å². The minimum atomic E-state index is -4.93. The molecule has 0 saturated heterocycles. The Morgan fingerprint density at radius 2 is 1.56 bits per heavy atom. The molecular weight excluding hydrogens is 372 g/mol. The van der Waals surface area contributed by atoms with Crippen LogP contribution in [-0.2, 0) is 21.3 Å². The summed E-state index contributed by atoms with van der Waals surface area (Å²) < 4.78 is 81.8. The molecule has 0 aliphatic rings. The van der Waals surface area contributed by atoms with Gasteiger partial charge in [-0.25, -0.2) is 0 Å². The predicted octanol–water partition coefficient (Wildman–Crippen LogP) is 5.36. The largest absolute Gasteiger partial charge is 0.416 e. The summed E-state index contributed by atoms with van der Waals surface area (Å²) in [6.07, 6.45) is -8.68. The van der Waals surface area contributed by atoms with Crippen LogP contribution in [0.25, 0.3) is 11.3 Å². The third-order valence-corrected chi connectivity index (χ3v) is 3.63. The summed E-state index contributed by atoms with van der Waals surface area (Å²) >= 11 is 0.675. The van der Waals surface area contributed by atoms with Crippen molar-refractivity contribution in [1.29, 1.82) is 0 Å². The van der Waals surface area contributed by atoms with E-state index in [9.17, 15) is 31.1 Å². The molecule has 0 aliphatic heterocycles. The van der Waals surface area contributed by atoms with E-state index in [2.05, 4.69) is 9.17 Å². The number of aromatic nitrogens is 1. The van der Waals surface area contributed by atoms with Gasteiger partial charge >= 0.3 is 18.3 Å². The van der Waals surface area contributed by atoms with Crippen LogP contribution in [0, 0.1) is 0 Å². The van der Waals surface area contributed by atoms with Crippen LogP contribution in [0.4, 0.5) is 26.3 Å². The molecule has 0 saturated carbocycles. The molecule has 0 amide bonds. The normalized spacial score (nSPS) is 12.1. The highest BCUT2D eigenvalue weighted by Gasteiger charge is 2.37. The first-order valence-corrected chi connectivity index (χ1v) is 7.32. The second-order valence-electron chi connectivity index (χ2n) is 4.83. The molecule has 134 valence electrons. The number of carbonyl (C=O) groups is 1. The van der Waals surface area contributed by atoms with Crippen molar-refractivity contribution in [3.63, 3.8) is 0 Å². The Morgan fingerprint density at radius 1 is 1.00 bits per heavy atom. The Morgan fingerprint density at radius 3 is 1.96 bits per heavy atom. The summed E-state index contributed by atoms with van der Waals surface area (Å²) in [6.45, 7) is 1.18. The van der Waals surface area contributed by atoms with Crippen LogP contribution in [-0.4, -0.2) is 11.0 Å².